The third-order valence-corrected chi connectivity index (χ3v) is 7.90. The summed E-state index contributed by atoms with van der Waals surface area (Å²) in [6.45, 7) is 0.302. The van der Waals surface area contributed by atoms with Crippen molar-refractivity contribution in [3.63, 3.8) is 0 Å². The monoisotopic (exact) mass is 670 g/mol. The maximum absolute atomic E-state index is 14.1. The lowest BCUT2D eigenvalue weighted by Crippen LogP contribution is -2.34. The number of rotatable bonds is 6. The molecule has 0 radical (unpaired) electrons. The van der Waals surface area contributed by atoms with Gasteiger partial charge in [0.1, 0.15) is 29.0 Å². The molecule has 48 heavy (non-hydrogen) atoms. The fourth-order valence-electron chi connectivity index (χ4n) is 5.43. The van der Waals surface area contributed by atoms with Crippen LogP contribution < -0.4 is 26.3 Å². The second kappa shape index (κ2) is 14.0. The van der Waals surface area contributed by atoms with E-state index >= 15 is 0 Å². The highest BCUT2D eigenvalue weighted by molar-refractivity contribution is 6.02. The molecule has 16 heteroatoms. The molecule has 3 heterocycles. The molecule has 254 valence electrons. The fourth-order valence-corrected chi connectivity index (χ4v) is 5.43. The molecule has 2 amide bonds. The Kier molecular flexibility index (Phi) is 10.3. The number of imidazole rings is 1. The number of amides is 2. The van der Waals surface area contributed by atoms with Crippen molar-refractivity contribution in [3.8, 4) is 28.1 Å². The van der Waals surface area contributed by atoms with Crippen LogP contribution in [-0.2, 0) is 9.53 Å². The van der Waals surface area contributed by atoms with Crippen LogP contribution in [0.5, 0.6) is 5.75 Å². The highest BCUT2D eigenvalue weighted by atomic mass is 19.3. The number of methoxy groups -OCH3 is 1. The van der Waals surface area contributed by atoms with Crippen LogP contribution in [0, 0.1) is 16.4 Å². The molecular weight excluding hydrogens is 637 g/mol. The number of H-pyrrole nitrogens is 1. The van der Waals surface area contributed by atoms with E-state index in [2.05, 4.69) is 30.1 Å². The highest BCUT2D eigenvalue weighted by Gasteiger charge is 2.34. The fraction of sp³-hybridized carbons (Fsp3) is 0.281. The topological polar surface area (TPSA) is 205 Å². The van der Waals surface area contributed by atoms with Gasteiger partial charge in [0.05, 0.1) is 18.4 Å². The van der Waals surface area contributed by atoms with Gasteiger partial charge in [-0.1, -0.05) is 20.3 Å². The van der Waals surface area contributed by atoms with Gasteiger partial charge < -0.3 is 36.2 Å². The van der Waals surface area contributed by atoms with Crippen LogP contribution >= 0.6 is 0 Å². The number of anilines is 2. The van der Waals surface area contributed by atoms with Crippen LogP contribution in [0.4, 0.5) is 29.3 Å². The van der Waals surface area contributed by atoms with Crippen molar-refractivity contribution < 1.29 is 46.9 Å². The molecule has 0 saturated carbocycles. The molecule has 0 unspecified atom stereocenters. The van der Waals surface area contributed by atoms with Gasteiger partial charge in [-0.05, 0) is 55.3 Å². The van der Waals surface area contributed by atoms with Crippen molar-refractivity contribution in [1.29, 1.82) is 0 Å². The minimum Gasteiger partial charge on any atom is -0.618 e. The number of hydrogen-bond donors (Lipinski definition) is 5. The number of carbonyl (C=O) groups excluding carboxylic acids is 2. The first-order valence-electron chi connectivity index (χ1n) is 14.4. The van der Waals surface area contributed by atoms with E-state index in [0.29, 0.717) is 17.6 Å². The van der Waals surface area contributed by atoms with Gasteiger partial charge in [0.15, 0.2) is 11.9 Å². The first-order chi connectivity index (χ1) is 22.3. The minimum absolute atomic E-state index is 0. The molecule has 1 aliphatic rings. The van der Waals surface area contributed by atoms with Crippen molar-refractivity contribution >= 4 is 29.3 Å². The summed E-state index contributed by atoms with van der Waals surface area (Å²) in [6.07, 6.45) is 1.35. The van der Waals surface area contributed by atoms with Gasteiger partial charge in [0.25, 0.3) is 0 Å². The number of aromatic carboxylic acids is 1. The third kappa shape index (κ3) is 7.33. The number of alkyl halides is 2. The molecule has 2 aromatic carbocycles. The molecule has 4 aromatic rings. The van der Waals surface area contributed by atoms with Gasteiger partial charge in [-0.15, -0.1) is 0 Å². The third-order valence-electron chi connectivity index (χ3n) is 7.90. The first kappa shape index (κ1) is 35.2. The van der Waals surface area contributed by atoms with Gasteiger partial charge in [0, 0.05) is 28.3 Å². The summed E-state index contributed by atoms with van der Waals surface area (Å²) in [6, 6.07) is 10.3. The van der Waals surface area contributed by atoms with E-state index in [-0.39, 0.29) is 75.2 Å². The molecule has 2 bridgehead atoms. The Balaban J connectivity index is 0.00000520. The Morgan fingerprint density at radius 3 is 2.56 bits per heavy atom. The summed E-state index contributed by atoms with van der Waals surface area (Å²) in [5.41, 5.74) is -0.424. The summed E-state index contributed by atoms with van der Waals surface area (Å²) in [5.74, 6) is -3.45. The van der Waals surface area contributed by atoms with Crippen LogP contribution in [0.25, 0.3) is 22.4 Å². The van der Waals surface area contributed by atoms with E-state index in [0.717, 1.165) is 24.4 Å². The number of nitrogens with one attached hydrogen (secondary N) is 3. The highest BCUT2D eigenvalue weighted by Crippen LogP contribution is 2.39. The van der Waals surface area contributed by atoms with Crippen molar-refractivity contribution in [2.24, 2.45) is 5.41 Å². The lowest BCUT2D eigenvalue weighted by atomic mass is 9.83. The molecule has 0 spiro atoms. The second-order valence-electron chi connectivity index (χ2n) is 11.5. The molecule has 1 aliphatic heterocycles. The number of aromatic amines is 1. The van der Waals surface area contributed by atoms with E-state index in [1.54, 1.807) is 13.8 Å². The molecule has 0 aliphatic carbocycles. The predicted molar refractivity (Wildman–Crippen MR) is 168 cm³/mol. The Morgan fingerprint density at radius 1 is 1.15 bits per heavy atom. The average Bonchev–Trinajstić information content (AvgIpc) is 3.45. The van der Waals surface area contributed by atoms with Gasteiger partial charge in [0.2, 0.25) is 11.6 Å². The maximum atomic E-state index is 14.1. The largest absolute Gasteiger partial charge is 0.618 e. The van der Waals surface area contributed by atoms with Crippen LogP contribution in [-0.4, -0.2) is 46.8 Å². The molecule has 5 rings (SSSR count). The molecule has 2 aromatic heterocycles. The van der Waals surface area contributed by atoms with Crippen molar-refractivity contribution in [2.45, 2.75) is 45.6 Å². The van der Waals surface area contributed by atoms with Crippen LogP contribution in [0.1, 0.15) is 61.0 Å². The number of carboxylic acid groups (broad SMARTS) is 1. The number of pyridine rings is 1. The number of hydrogen-bond acceptors (Lipinski definition) is 8. The zero-order chi connectivity index (χ0) is 34.0. The minimum atomic E-state index is -3.18. The van der Waals surface area contributed by atoms with Crippen LogP contribution in [0.15, 0.2) is 54.7 Å². The molecule has 1 atom stereocenters. The SMILES string of the molecule is COC(=O)Nc1ccc2c(c1)NC(=O)C(C)(C)CCC[C@H](c1ccc(-c3cc(F)ccc3OC(F)F)c[n+]1[O-])c1nc-2c(C(=O)O)[nH]1.N. The molecule has 7 N–H and O–H groups in total. The Hall–Kier alpha value is -5.64. The van der Waals surface area contributed by atoms with Gasteiger partial charge in [-0.2, -0.15) is 13.5 Å². The average molecular weight is 671 g/mol. The van der Waals surface area contributed by atoms with E-state index in [9.17, 15) is 37.9 Å². The van der Waals surface area contributed by atoms with Crippen LogP contribution in [0.3, 0.4) is 0 Å². The van der Waals surface area contributed by atoms with E-state index in [1.165, 1.54) is 37.4 Å². The Morgan fingerprint density at radius 2 is 1.90 bits per heavy atom. The van der Waals surface area contributed by atoms with Crippen molar-refractivity contribution in [1.82, 2.24) is 16.1 Å². The number of ether oxygens (including phenoxy) is 2. The van der Waals surface area contributed by atoms with Gasteiger partial charge >= 0.3 is 18.7 Å². The molecule has 0 fully saturated rings. The van der Waals surface area contributed by atoms with Gasteiger partial charge in [-0.3, -0.25) is 10.1 Å². The zero-order valence-corrected chi connectivity index (χ0v) is 26.1. The number of benzene rings is 2. The van der Waals surface area contributed by atoms with Crippen LogP contribution in [0.2, 0.25) is 0 Å². The zero-order valence-electron chi connectivity index (χ0n) is 26.1. The number of nitrogens with zero attached hydrogens (tertiary/aromatic N) is 2. The second-order valence-corrected chi connectivity index (χ2v) is 11.5. The quantitative estimate of drug-likeness (QED) is 0.113. The lowest BCUT2D eigenvalue weighted by Gasteiger charge is -2.25. The number of halogens is 3. The van der Waals surface area contributed by atoms with Gasteiger partial charge in [-0.25, -0.2) is 19.0 Å². The summed E-state index contributed by atoms with van der Waals surface area (Å²) in [5, 5.41) is 29.0. The summed E-state index contributed by atoms with van der Waals surface area (Å²) in [4.78, 5) is 45.2. The van der Waals surface area contributed by atoms with E-state index < -0.39 is 35.8 Å². The van der Waals surface area contributed by atoms with Crippen molar-refractivity contribution in [2.75, 3.05) is 17.7 Å². The summed E-state index contributed by atoms with van der Waals surface area (Å²) >= 11 is 0. The number of carboxylic acids is 1. The number of aromatic nitrogens is 3. The number of carbonyl (C=O) groups is 3. The molecule has 0 saturated heterocycles. The predicted octanol–water partition coefficient (Wildman–Crippen LogP) is 6.44. The normalized spacial score (nSPS) is 15.6. The Labute approximate surface area is 272 Å². The summed E-state index contributed by atoms with van der Waals surface area (Å²) in [7, 11) is 1.19. The summed E-state index contributed by atoms with van der Waals surface area (Å²) < 4.78 is 49.8. The van der Waals surface area contributed by atoms with E-state index in [1.807, 2.05) is 0 Å². The van der Waals surface area contributed by atoms with Crippen molar-refractivity contribution in [3.05, 3.63) is 83.0 Å². The van der Waals surface area contributed by atoms with E-state index in [4.69, 9.17) is 0 Å². The Bertz CT molecular complexity index is 1860. The maximum Gasteiger partial charge on any atom is 0.411 e. The molecule has 13 nitrogen and oxygen atoms in total. The lowest BCUT2D eigenvalue weighted by molar-refractivity contribution is -0.614. The smallest absolute Gasteiger partial charge is 0.411 e. The molecular formula is C32H33F3N6O7. The number of fused-ring (bicyclic) bond motifs is 4. The first-order valence-corrected chi connectivity index (χ1v) is 14.4. The standard InChI is InChI=1S/C32H30F3N5O7.H3N/c1-32(2)12-4-5-20(23-10-6-16(15-40(23)45)21-13-17(33)7-11-24(21)47-30(34)35)27-38-25(26(39-27)28(41)42)19-9-8-18(36-31(44)46-3)14-22(19)37-29(32)43;/h6-11,13-15,20,30H,4-5,12H2,1-3H3,(H,36,44)(H,37,43)(H,38,39)(H,41,42);1H3/t20-;/m1./s1.